The topological polar surface area (TPSA) is 83.2 Å². The molecule has 0 atom stereocenters. The van der Waals surface area contributed by atoms with E-state index in [-0.39, 0.29) is 12.6 Å². The van der Waals surface area contributed by atoms with Gasteiger partial charge in [-0.1, -0.05) is 11.6 Å². The van der Waals surface area contributed by atoms with Gasteiger partial charge >= 0.3 is 0 Å². The summed E-state index contributed by atoms with van der Waals surface area (Å²) in [6.45, 7) is 0.406. The van der Waals surface area contributed by atoms with Crippen molar-refractivity contribution >= 4 is 23.2 Å². The number of nitrogens with zero attached hydrogens (tertiary/aromatic N) is 4. The molecular weight excluding hydrogens is 346 g/mol. The highest BCUT2D eigenvalue weighted by Gasteiger charge is 2.13. The molecule has 3 aromatic rings. The fraction of sp³-hybridized carbons (Fsp3) is 0.188. The van der Waals surface area contributed by atoms with Gasteiger partial charge < -0.3 is 14.8 Å². The second-order valence-corrected chi connectivity index (χ2v) is 5.52. The number of aromatic nitrogens is 4. The van der Waals surface area contributed by atoms with Crippen molar-refractivity contribution in [1.29, 1.82) is 0 Å². The monoisotopic (exact) mass is 361 g/mol. The summed E-state index contributed by atoms with van der Waals surface area (Å²) in [5.74, 6) is 0.321. The molecule has 1 aromatic carbocycles. The molecule has 0 bridgehead atoms. The number of carbonyl (C=O) groups is 1. The first kappa shape index (κ1) is 17.0. The minimum atomic E-state index is -0.311. The van der Waals surface area contributed by atoms with Gasteiger partial charge in [0.05, 0.1) is 18.1 Å². The first-order valence-electron chi connectivity index (χ1n) is 7.38. The molecule has 130 valence electrons. The number of amides is 1. The highest BCUT2D eigenvalue weighted by molar-refractivity contribution is 6.30. The van der Waals surface area contributed by atoms with Crippen LogP contribution >= 0.6 is 11.6 Å². The molecule has 0 aliphatic heterocycles. The SMILES string of the molecule is COCn1cc(NC(=O)c2ccnn2COc2ccc(Cl)cc2)cn1. The zero-order valence-corrected chi connectivity index (χ0v) is 14.2. The van der Waals surface area contributed by atoms with Gasteiger partial charge in [-0.25, -0.2) is 9.36 Å². The minimum absolute atomic E-state index is 0.0975. The zero-order valence-electron chi connectivity index (χ0n) is 13.4. The first-order valence-corrected chi connectivity index (χ1v) is 7.76. The molecular formula is C16H16ClN5O3. The van der Waals surface area contributed by atoms with E-state index in [1.165, 1.54) is 10.9 Å². The van der Waals surface area contributed by atoms with Crippen LogP contribution in [-0.4, -0.2) is 32.6 Å². The van der Waals surface area contributed by atoms with Gasteiger partial charge in [-0.3, -0.25) is 4.79 Å². The lowest BCUT2D eigenvalue weighted by Crippen LogP contribution is -2.19. The lowest BCUT2D eigenvalue weighted by molar-refractivity contribution is 0.100. The Hall–Kier alpha value is -2.84. The molecule has 1 amide bonds. The van der Waals surface area contributed by atoms with Crippen molar-refractivity contribution in [2.45, 2.75) is 13.5 Å². The molecule has 0 unspecified atom stereocenters. The van der Waals surface area contributed by atoms with Crippen LogP contribution in [0.5, 0.6) is 5.75 Å². The fourth-order valence-electron chi connectivity index (χ4n) is 2.12. The Morgan fingerprint density at radius 2 is 2.00 bits per heavy atom. The molecule has 25 heavy (non-hydrogen) atoms. The molecule has 0 radical (unpaired) electrons. The van der Waals surface area contributed by atoms with Gasteiger partial charge in [0.25, 0.3) is 5.91 Å². The Kier molecular flexibility index (Phi) is 5.32. The van der Waals surface area contributed by atoms with Crippen LogP contribution in [0.3, 0.4) is 0 Å². The summed E-state index contributed by atoms with van der Waals surface area (Å²) in [5.41, 5.74) is 0.932. The van der Waals surface area contributed by atoms with Crippen LogP contribution in [0, 0.1) is 0 Å². The summed E-state index contributed by atoms with van der Waals surface area (Å²) >= 11 is 5.84. The van der Waals surface area contributed by atoms with Crippen molar-refractivity contribution in [3.05, 3.63) is 59.6 Å². The number of rotatable bonds is 7. The molecule has 0 saturated carbocycles. The van der Waals surface area contributed by atoms with E-state index in [2.05, 4.69) is 15.5 Å². The van der Waals surface area contributed by atoms with E-state index in [1.54, 1.807) is 54.5 Å². The fourth-order valence-corrected chi connectivity index (χ4v) is 2.25. The number of hydrogen-bond donors (Lipinski definition) is 1. The van der Waals surface area contributed by atoms with Crippen molar-refractivity contribution in [2.24, 2.45) is 0 Å². The maximum absolute atomic E-state index is 12.4. The Labute approximate surface area is 148 Å². The predicted molar refractivity (Wildman–Crippen MR) is 91.5 cm³/mol. The summed E-state index contributed by atoms with van der Waals surface area (Å²) in [6.07, 6.45) is 4.75. The van der Waals surface area contributed by atoms with E-state index >= 15 is 0 Å². The smallest absolute Gasteiger partial charge is 0.274 e. The number of methoxy groups -OCH3 is 1. The third-order valence-electron chi connectivity index (χ3n) is 3.27. The van der Waals surface area contributed by atoms with E-state index in [0.29, 0.717) is 28.9 Å². The lowest BCUT2D eigenvalue weighted by atomic mass is 10.3. The number of hydrogen-bond acceptors (Lipinski definition) is 5. The average molecular weight is 362 g/mol. The molecule has 2 aromatic heterocycles. The third kappa shape index (κ3) is 4.37. The van der Waals surface area contributed by atoms with E-state index in [9.17, 15) is 4.79 Å². The molecule has 8 nitrogen and oxygen atoms in total. The number of anilines is 1. The maximum atomic E-state index is 12.4. The maximum Gasteiger partial charge on any atom is 0.274 e. The molecule has 9 heteroatoms. The molecule has 0 aliphatic rings. The molecule has 2 heterocycles. The normalized spacial score (nSPS) is 10.6. The van der Waals surface area contributed by atoms with Gasteiger partial charge in [0, 0.05) is 18.3 Å². The van der Waals surface area contributed by atoms with Gasteiger partial charge in [0.1, 0.15) is 18.2 Å². The Morgan fingerprint density at radius 1 is 1.20 bits per heavy atom. The van der Waals surface area contributed by atoms with Gasteiger partial charge in [-0.05, 0) is 30.3 Å². The third-order valence-corrected chi connectivity index (χ3v) is 3.52. The van der Waals surface area contributed by atoms with Gasteiger partial charge in [0.2, 0.25) is 0 Å². The quantitative estimate of drug-likeness (QED) is 0.699. The zero-order chi connectivity index (χ0) is 17.6. The number of nitrogens with one attached hydrogen (secondary N) is 1. The molecule has 3 rings (SSSR count). The molecule has 0 fully saturated rings. The summed E-state index contributed by atoms with van der Waals surface area (Å²) < 4.78 is 13.6. The van der Waals surface area contributed by atoms with Crippen molar-refractivity contribution in [3.63, 3.8) is 0 Å². The van der Waals surface area contributed by atoms with E-state index in [1.807, 2.05) is 0 Å². The van der Waals surface area contributed by atoms with Crippen LogP contribution in [-0.2, 0) is 18.2 Å². The summed E-state index contributed by atoms with van der Waals surface area (Å²) in [6, 6.07) is 8.56. The highest BCUT2D eigenvalue weighted by Crippen LogP contribution is 2.16. The molecule has 1 N–H and O–H groups in total. The summed E-state index contributed by atoms with van der Waals surface area (Å²) in [7, 11) is 1.57. The van der Waals surface area contributed by atoms with Crippen LogP contribution in [0.1, 0.15) is 10.5 Å². The van der Waals surface area contributed by atoms with Crippen LogP contribution in [0.4, 0.5) is 5.69 Å². The highest BCUT2D eigenvalue weighted by atomic mass is 35.5. The largest absolute Gasteiger partial charge is 0.471 e. The van der Waals surface area contributed by atoms with Gasteiger partial charge in [-0.2, -0.15) is 10.2 Å². The van der Waals surface area contributed by atoms with E-state index in [4.69, 9.17) is 21.1 Å². The van der Waals surface area contributed by atoms with Crippen molar-refractivity contribution in [3.8, 4) is 5.75 Å². The van der Waals surface area contributed by atoms with Crippen LogP contribution in [0.2, 0.25) is 5.02 Å². The van der Waals surface area contributed by atoms with Crippen LogP contribution in [0.25, 0.3) is 0 Å². The number of benzene rings is 1. The lowest BCUT2D eigenvalue weighted by Gasteiger charge is -2.09. The van der Waals surface area contributed by atoms with Gasteiger partial charge in [-0.15, -0.1) is 0 Å². The van der Waals surface area contributed by atoms with E-state index in [0.717, 1.165) is 0 Å². The van der Waals surface area contributed by atoms with Crippen molar-refractivity contribution < 1.29 is 14.3 Å². The summed E-state index contributed by atoms with van der Waals surface area (Å²) in [4.78, 5) is 12.4. The second-order valence-electron chi connectivity index (χ2n) is 5.08. The Morgan fingerprint density at radius 3 is 2.76 bits per heavy atom. The van der Waals surface area contributed by atoms with Crippen LogP contribution in [0.15, 0.2) is 48.9 Å². The molecule has 0 spiro atoms. The predicted octanol–water partition coefficient (Wildman–Crippen LogP) is 2.63. The molecule has 0 saturated heterocycles. The van der Waals surface area contributed by atoms with Crippen molar-refractivity contribution in [2.75, 3.05) is 12.4 Å². The number of halogens is 1. The number of carbonyl (C=O) groups excluding carboxylic acids is 1. The Balaban J connectivity index is 1.63. The Bertz CT molecular complexity index is 844. The van der Waals surface area contributed by atoms with Crippen LogP contribution < -0.4 is 10.1 Å². The average Bonchev–Trinajstić information content (AvgIpc) is 3.24. The molecule has 0 aliphatic carbocycles. The second kappa shape index (κ2) is 7.82. The number of ether oxygens (including phenoxy) is 2. The first-order chi connectivity index (χ1) is 12.2. The van der Waals surface area contributed by atoms with Gasteiger partial charge in [0.15, 0.2) is 6.73 Å². The van der Waals surface area contributed by atoms with E-state index < -0.39 is 0 Å². The van der Waals surface area contributed by atoms with Crippen molar-refractivity contribution in [1.82, 2.24) is 19.6 Å². The summed E-state index contributed by atoms with van der Waals surface area (Å²) in [5, 5.41) is 11.6. The minimum Gasteiger partial charge on any atom is -0.471 e. The standard InChI is InChI=1S/C16H16ClN5O3/c1-24-10-21-9-13(8-19-21)20-16(23)15-6-7-18-22(15)11-25-14-4-2-12(17)3-5-14/h2-9H,10-11H2,1H3,(H,20,23).